The zero-order valence-corrected chi connectivity index (χ0v) is 14.4. The number of rotatable bonds is 2. The number of halogens is 1. The molecule has 4 rings (SSSR count). The second-order valence-corrected chi connectivity index (χ2v) is 7.31. The summed E-state index contributed by atoms with van der Waals surface area (Å²) in [6, 6.07) is 5.30. The maximum Gasteiger partial charge on any atom is 0.254 e. The summed E-state index contributed by atoms with van der Waals surface area (Å²) in [4.78, 5) is 40.8. The van der Waals surface area contributed by atoms with E-state index in [0.29, 0.717) is 35.7 Å². The number of carbonyl (C=O) groups is 2. The van der Waals surface area contributed by atoms with E-state index >= 15 is 0 Å². The molecule has 2 aromatic rings. The molecule has 0 spiro atoms. The van der Waals surface area contributed by atoms with Crippen LogP contribution in [-0.4, -0.2) is 41.3 Å². The van der Waals surface area contributed by atoms with Gasteiger partial charge in [0.25, 0.3) is 5.91 Å². The minimum atomic E-state index is -0.469. The van der Waals surface area contributed by atoms with Crippen molar-refractivity contribution in [3.8, 4) is 0 Å². The third-order valence-electron chi connectivity index (χ3n) is 5.73. The number of hydrogen-bond acceptors (Lipinski definition) is 3. The molecule has 6 nitrogen and oxygen atoms in total. The topological polar surface area (TPSA) is 82.3 Å². The quantitative estimate of drug-likeness (QED) is 0.857. The van der Waals surface area contributed by atoms with Gasteiger partial charge in [-0.05, 0) is 42.9 Å². The van der Waals surface area contributed by atoms with Crippen molar-refractivity contribution in [2.45, 2.75) is 25.3 Å². The van der Waals surface area contributed by atoms with Crippen LogP contribution in [0.25, 0.3) is 10.9 Å². The number of benzene rings is 1. The number of aromatic nitrogens is 1. The number of hydrogen-bond donors (Lipinski definition) is 2. The highest BCUT2D eigenvalue weighted by molar-refractivity contribution is 6.06. The molecular weight excluding hydrogens is 337 g/mol. The van der Waals surface area contributed by atoms with Gasteiger partial charge >= 0.3 is 0 Å². The number of aromatic amines is 1. The standard InChI is InChI=1S/C19H20FN3O3/c1-23(13-4-10-6-17(24)21-9-11(10)5-13)19(26)15-8-18(25)22-16-7-12(20)2-3-14(15)16/h2-3,7-8,10-11,13H,4-6,9H2,1H3,(H,21,24)(H,22,25)/t10-,11+,13-/m0/s1. The second-order valence-electron chi connectivity index (χ2n) is 7.31. The first kappa shape index (κ1) is 16.8. The SMILES string of the molecule is CN(C(=O)c1cc(=O)[nH]c2cc(F)ccc12)[C@H]1C[C@H]2CC(=O)NC[C@H]2C1. The predicted octanol–water partition coefficient (Wildman–Crippen LogP) is 1.65. The number of H-pyrrole nitrogens is 1. The summed E-state index contributed by atoms with van der Waals surface area (Å²) in [5.74, 6) is 0.0363. The highest BCUT2D eigenvalue weighted by Gasteiger charge is 2.40. The maximum absolute atomic E-state index is 13.5. The fourth-order valence-corrected chi connectivity index (χ4v) is 4.32. The van der Waals surface area contributed by atoms with Crippen LogP contribution < -0.4 is 10.9 Å². The fraction of sp³-hybridized carbons (Fsp3) is 0.421. The minimum absolute atomic E-state index is 0.0278. The predicted molar refractivity (Wildman–Crippen MR) is 94.2 cm³/mol. The normalized spacial score (nSPS) is 25.0. The molecule has 0 radical (unpaired) electrons. The molecule has 7 heteroatoms. The average Bonchev–Trinajstić information content (AvgIpc) is 3.02. The number of pyridine rings is 1. The Labute approximate surface area is 149 Å². The third-order valence-corrected chi connectivity index (χ3v) is 5.73. The lowest BCUT2D eigenvalue weighted by atomic mass is 9.89. The summed E-state index contributed by atoms with van der Waals surface area (Å²) < 4.78 is 13.5. The molecule has 2 amide bonds. The molecule has 2 heterocycles. The summed E-state index contributed by atoms with van der Waals surface area (Å²) in [5.41, 5.74) is 0.147. The molecule has 2 aliphatic rings. The van der Waals surface area contributed by atoms with Crippen LogP contribution >= 0.6 is 0 Å². The van der Waals surface area contributed by atoms with E-state index in [-0.39, 0.29) is 23.4 Å². The van der Waals surface area contributed by atoms with Gasteiger partial charge < -0.3 is 15.2 Å². The molecule has 0 bridgehead atoms. The number of carbonyl (C=O) groups excluding carboxylic acids is 2. The lowest BCUT2D eigenvalue weighted by Gasteiger charge is -2.25. The van der Waals surface area contributed by atoms with E-state index < -0.39 is 11.4 Å². The number of nitrogens with zero attached hydrogens (tertiary/aromatic N) is 1. The largest absolute Gasteiger partial charge is 0.356 e. The molecule has 2 N–H and O–H groups in total. The molecule has 0 unspecified atom stereocenters. The Morgan fingerprint density at radius 2 is 1.96 bits per heavy atom. The van der Waals surface area contributed by atoms with Gasteiger partial charge in [0.2, 0.25) is 11.5 Å². The molecule has 1 aliphatic carbocycles. The summed E-state index contributed by atoms with van der Waals surface area (Å²) >= 11 is 0. The van der Waals surface area contributed by atoms with Gasteiger partial charge in [0.1, 0.15) is 5.82 Å². The summed E-state index contributed by atoms with van der Waals surface area (Å²) in [6.07, 6.45) is 2.13. The fourth-order valence-electron chi connectivity index (χ4n) is 4.32. The second kappa shape index (κ2) is 6.23. The Morgan fingerprint density at radius 1 is 1.19 bits per heavy atom. The van der Waals surface area contributed by atoms with Gasteiger partial charge in [-0.3, -0.25) is 14.4 Å². The molecule has 26 heavy (non-hydrogen) atoms. The molecule has 1 saturated carbocycles. The lowest BCUT2D eigenvalue weighted by Crippen LogP contribution is -2.38. The third kappa shape index (κ3) is 2.87. The smallest absolute Gasteiger partial charge is 0.254 e. The zero-order valence-electron chi connectivity index (χ0n) is 14.4. The average molecular weight is 357 g/mol. The molecular formula is C19H20FN3O3. The van der Waals surface area contributed by atoms with Crippen molar-refractivity contribution in [2.24, 2.45) is 11.8 Å². The van der Waals surface area contributed by atoms with Crippen LogP contribution in [0.1, 0.15) is 29.6 Å². The van der Waals surface area contributed by atoms with Gasteiger partial charge in [-0.25, -0.2) is 4.39 Å². The van der Waals surface area contributed by atoms with E-state index in [1.165, 1.54) is 24.3 Å². The number of amides is 2. The Balaban J connectivity index is 1.63. The van der Waals surface area contributed by atoms with Crippen molar-refractivity contribution in [2.75, 3.05) is 13.6 Å². The summed E-state index contributed by atoms with van der Waals surface area (Å²) in [5, 5.41) is 3.41. The molecule has 1 saturated heterocycles. The van der Waals surface area contributed by atoms with Crippen LogP contribution in [0.2, 0.25) is 0 Å². The number of piperidine rings is 1. The van der Waals surface area contributed by atoms with Crippen LogP contribution in [0.5, 0.6) is 0 Å². The summed E-state index contributed by atoms with van der Waals surface area (Å²) in [7, 11) is 1.73. The molecule has 1 aliphatic heterocycles. The van der Waals surface area contributed by atoms with Crippen LogP contribution in [0, 0.1) is 17.7 Å². The first-order chi connectivity index (χ1) is 12.4. The summed E-state index contributed by atoms with van der Waals surface area (Å²) in [6.45, 7) is 0.662. The van der Waals surface area contributed by atoms with Crippen molar-refractivity contribution in [1.29, 1.82) is 0 Å². The van der Waals surface area contributed by atoms with Crippen molar-refractivity contribution < 1.29 is 14.0 Å². The monoisotopic (exact) mass is 357 g/mol. The van der Waals surface area contributed by atoms with E-state index in [4.69, 9.17) is 0 Å². The van der Waals surface area contributed by atoms with E-state index in [2.05, 4.69) is 10.3 Å². The van der Waals surface area contributed by atoms with E-state index in [0.717, 1.165) is 12.8 Å². The Hall–Kier alpha value is -2.70. The number of fused-ring (bicyclic) bond motifs is 2. The zero-order chi connectivity index (χ0) is 18.4. The van der Waals surface area contributed by atoms with Crippen molar-refractivity contribution >= 4 is 22.7 Å². The molecule has 1 aromatic carbocycles. The van der Waals surface area contributed by atoms with Gasteiger partial charge in [0.15, 0.2) is 0 Å². The van der Waals surface area contributed by atoms with E-state index in [1.807, 2.05) is 0 Å². The maximum atomic E-state index is 13.5. The van der Waals surface area contributed by atoms with Crippen molar-refractivity contribution in [3.63, 3.8) is 0 Å². The van der Waals surface area contributed by atoms with Gasteiger partial charge in [-0.15, -0.1) is 0 Å². The van der Waals surface area contributed by atoms with Gasteiger partial charge in [-0.2, -0.15) is 0 Å². The van der Waals surface area contributed by atoms with Crippen LogP contribution in [-0.2, 0) is 4.79 Å². The lowest BCUT2D eigenvalue weighted by molar-refractivity contribution is -0.124. The minimum Gasteiger partial charge on any atom is -0.356 e. The molecule has 2 fully saturated rings. The van der Waals surface area contributed by atoms with Crippen LogP contribution in [0.3, 0.4) is 0 Å². The van der Waals surface area contributed by atoms with E-state index in [9.17, 15) is 18.8 Å². The molecule has 1 aromatic heterocycles. The first-order valence-corrected chi connectivity index (χ1v) is 8.79. The highest BCUT2D eigenvalue weighted by Crippen LogP contribution is 2.38. The first-order valence-electron chi connectivity index (χ1n) is 8.79. The highest BCUT2D eigenvalue weighted by atomic mass is 19.1. The number of nitrogens with one attached hydrogen (secondary N) is 2. The van der Waals surface area contributed by atoms with Crippen LogP contribution in [0.15, 0.2) is 29.1 Å². The van der Waals surface area contributed by atoms with Crippen molar-refractivity contribution in [1.82, 2.24) is 15.2 Å². The Bertz CT molecular complexity index is 955. The molecule has 3 atom stereocenters. The molecule has 136 valence electrons. The van der Waals surface area contributed by atoms with Gasteiger partial charge in [0, 0.05) is 37.5 Å². The van der Waals surface area contributed by atoms with Crippen molar-refractivity contribution in [3.05, 3.63) is 46.0 Å². The van der Waals surface area contributed by atoms with Crippen LogP contribution in [0.4, 0.5) is 4.39 Å². The van der Waals surface area contributed by atoms with Gasteiger partial charge in [0.05, 0.1) is 11.1 Å². The van der Waals surface area contributed by atoms with Gasteiger partial charge in [-0.1, -0.05) is 0 Å². The van der Waals surface area contributed by atoms with E-state index in [1.54, 1.807) is 11.9 Å². The Kier molecular flexibility index (Phi) is 4.01. The Morgan fingerprint density at radius 3 is 2.77 bits per heavy atom.